The molecule has 0 amide bonds. The lowest BCUT2D eigenvalue weighted by Gasteiger charge is -2.14. The van der Waals surface area contributed by atoms with Gasteiger partial charge in [0.1, 0.15) is 0 Å². The number of benzene rings is 1. The lowest BCUT2D eigenvalue weighted by Crippen LogP contribution is -2.13. The van der Waals surface area contributed by atoms with Crippen LogP contribution in [0, 0.1) is 0 Å². The number of aliphatic hydroxyl groups is 1. The van der Waals surface area contributed by atoms with Gasteiger partial charge in [-0.3, -0.25) is 0 Å². The molecule has 0 saturated carbocycles. The van der Waals surface area contributed by atoms with Crippen LogP contribution in [0.2, 0.25) is 0 Å². The van der Waals surface area contributed by atoms with E-state index in [1.54, 1.807) is 0 Å². The molecule has 0 aromatic heterocycles. The van der Waals surface area contributed by atoms with Gasteiger partial charge < -0.3 is 5.11 Å². The summed E-state index contributed by atoms with van der Waals surface area (Å²) < 4.78 is 0. The van der Waals surface area contributed by atoms with E-state index in [0.717, 1.165) is 18.4 Å². The summed E-state index contributed by atoms with van der Waals surface area (Å²) in [5, 5.41) is 10.0. The second-order valence-electron chi connectivity index (χ2n) is 3.89. The number of rotatable bonds is 3. The molecule has 0 saturated heterocycles. The normalized spacial score (nSPS) is 15.6. The smallest absolute Gasteiger partial charge is 0.0827 e. The van der Waals surface area contributed by atoms with E-state index in [4.69, 9.17) is 0 Å². The van der Waals surface area contributed by atoms with Crippen LogP contribution in [0.25, 0.3) is 0 Å². The second-order valence-corrected chi connectivity index (χ2v) is 3.89. The molecule has 1 aliphatic carbocycles. The Kier molecular flexibility index (Phi) is 6.34. The van der Waals surface area contributed by atoms with E-state index >= 15 is 0 Å². The molecule has 1 atom stereocenters. The summed E-state index contributed by atoms with van der Waals surface area (Å²) in [6.45, 7) is 4.00. The maximum Gasteiger partial charge on any atom is 0.0827 e. The molecule has 1 aromatic rings. The van der Waals surface area contributed by atoms with Gasteiger partial charge in [0.15, 0.2) is 0 Å². The van der Waals surface area contributed by atoms with Crippen molar-refractivity contribution in [2.45, 2.75) is 39.2 Å². The lowest BCUT2D eigenvalue weighted by atomic mass is 9.97. The van der Waals surface area contributed by atoms with Gasteiger partial charge in [0.05, 0.1) is 6.10 Å². The fourth-order valence-electron chi connectivity index (χ4n) is 1.84. The van der Waals surface area contributed by atoms with Gasteiger partial charge >= 0.3 is 0 Å². The third-order valence-corrected chi connectivity index (χ3v) is 2.68. The molecule has 92 valence electrons. The molecule has 0 heterocycles. The zero-order chi connectivity index (χ0) is 12.5. The van der Waals surface area contributed by atoms with Crippen molar-refractivity contribution in [3.8, 4) is 0 Å². The highest BCUT2D eigenvalue weighted by Gasteiger charge is 2.10. The van der Waals surface area contributed by atoms with Crippen LogP contribution in [0.1, 0.15) is 32.3 Å². The zero-order valence-corrected chi connectivity index (χ0v) is 10.8. The summed E-state index contributed by atoms with van der Waals surface area (Å²) in [5.41, 5.74) is 2.25. The lowest BCUT2D eigenvalue weighted by molar-refractivity contribution is 0.214. The molecule has 0 radical (unpaired) electrons. The molecule has 0 bridgehead atoms. The maximum absolute atomic E-state index is 10.0. The maximum atomic E-state index is 10.0. The summed E-state index contributed by atoms with van der Waals surface area (Å²) in [4.78, 5) is 0. The highest BCUT2D eigenvalue weighted by atomic mass is 16.3. The van der Waals surface area contributed by atoms with E-state index in [1.165, 1.54) is 5.56 Å². The predicted octanol–water partition coefficient (Wildman–Crippen LogP) is 3.89. The van der Waals surface area contributed by atoms with E-state index in [-0.39, 0.29) is 6.10 Å². The van der Waals surface area contributed by atoms with Crippen LogP contribution in [0.3, 0.4) is 0 Å². The fraction of sp³-hybridized carbons (Fsp3) is 0.375. The predicted molar refractivity (Wildman–Crippen MR) is 74.0 cm³/mol. The largest absolute Gasteiger partial charge is 0.388 e. The Balaban J connectivity index is 0.000000686. The van der Waals surface area contributed by atoms with E-state index in [0.29, 0.717) is 6.42 Å². The van der Waals surface area contributed by atoms with Crippen LogP contribution < -0.4 is 0 Å². The summed E-state index contributed by atoms with van der Waals surface area (Å²) >= 11 is 0. The minimum absolute atomic E-state index is 0.357. The average molecular weight is 230 g/mol. The van der Waals surface area contributed by atoms with E-state index in [9.17, 15) is 5.11 Å². The molecule has 1 unspecified atom stereocenters. The van der Waals surface area contributed by atoms with Crippen LogP contribution in [0.5, 0.6) is 0 Å². The number of allylic oxidation sites excluding steroid dienone is 2. The van der Waals surface area contributed by atoms with Gasteiger partial charge in [-0.25, -0.2) is 0 Å². The van der Waals surface area contributed by atoms with Crippen LogP contribution in [0.4, 0.5) is 0 Å². The van der Waals surface area contributed by atoms with Crippen molar-refractivity contribution in [3.63, 3.8) is 0 Å². The van der Waals surface area contributed by atoms with Gasteiger partial charge in [-0.2, -0.15) is 0 Å². The summed E-state index contributed by atoms with van der Waals surface area (Å²) in [6.07, 6.45) is 8.80. The van der Waals surface area contributed by atoms with Crippen molar-refractivity contribution >= 4 is 0 Å². The highest BCUT2D eigenvalue weighted by Crippen LogP contribution is 2.16. The van der Waals surface area contributed by atoms with Crippen molar-refractivity contribution in [2.24, 2.45) is 0 Å². The highest BCUT2D eigenvalue weighted by molar-refractivity contribution is 5.28. The molecule has 2 rings (SSSR count). The molecule has 17 heavy (non-hydrogen) atoms. The molecule has 1 aromatic carbocycles. The average Bonchev–Trinajstić information content (AvgIpc) is 2.43. The Bertz CT molecular complexity index is 362. The molecule has 0 spiro atoms. The molecule has 0 aliphatic heterocycles. The van der Waals surface area contributed by atoms with Gasteiger partial charge in [-0.15, -0.1) is 0 Å². The molecular weight excluding hydrogens is 208 g/mol. The van der Waals surface area contributed by atoms with Crippen molar-refractivity contribution in [1.29, 1.82) is 0 Å². The van der Waals surface area contributed by atoms with Crippen molar-refractivity contribution in [2.75, 3.05) is 0 Å². The Hall–Kier alpha value is -1.34. The summed E-state index contributed by atoms with van der Waals surface area (Å²) in [7, 11) is 0. The van der Waals surface area contributed by atoms with Crippen molar-refractivity contribution in [1.82, 2.24) is 0 Å². The third kappa shape index (κ3) is 4.58. The molecule has 1 heteroatoms. The standard InChI is InChI=1S/C14H16O.C2H6/c15-14(13-9-5-2-6-10-13)11-12-7-3-1-4-8-12;1-2/h1,3-5,7-10,14-15H,2,6,11H2;1-2H3. The van der Waals surface area contributed by atoms with Crippen molar-refractivity contribution < 1.29 is 5.11 Å². The van der Waals surface area contributed by atoms with Gasteiger partial charge in [-0.1, -0.05) is 62.4 Å². The molecular formula is C16H22O. The molecule has 1 aliphatic rings. The van der Waals surface area contributed by atoms with Gasteiger partial charge in [-0.05, 0) is 24.0 Å². The Morgan fingerprint density at radius 2 is 1.82 bits per heavy atom. The molecule has 1 N–H and O–H groups in total. The van der Waals surface area contributed by atoms with Gasteiger partial charge in [0.25, 0.3) is 0 Å². The zero-order valence-electron chi connectivity index (χ0n) is 10.8. The molecule has 0 fully saturated rings. The first-order valence-electron chi connectivity index (χ1n) is 6.45. The Morgan fingerprint density at radius 1 is 1.12 bits per heavy atom. The monoisotopic (exact) mass is 230 g/mol. The van der Waals surface area contributed by atoms with E-state index in [1.807, 2.05) is 38.1 Å². The van der Waals surface area contributed by atoms with Gasteiger partial charge in [0.2, 0.25) is 0 Å². The second kappa shape index (κ2) is 7.86. The summed E-state index contributed by atoms with van der Waals surface area (Å²) in [5.74, 6) is 0. The summed E-state index contributed by atoms with van der Waals surface area (Å²) in [6, 6.07) is 10.1. The number of hydrogen-bond donors (Lipinski definition) is 1. The first kappa shape index (κ1) is 13.7. The molecule has 1 nitrogen and oxygen atoms in total. The van der Waals surface area contributed by atoms with Gasteiger partial charge in [0, 0.05) is 6.42 Å². The van der Waals surface area contributed by atoms with Crippen molar-refractivity contribution in [3.05, 3.63) is 59.7 Å². The number of aliphatic hydroxyl groups excluding tert-OH is 1. The topological polar surface area (TPSA) is 20.2 Å². The van der Waals surface area contributed by atoms with E-state index < -0.39 is 0 Å². The fourth-order valence-corrected chi connectivity index (χ4v) is 1.84. The van der Waals surface area contributed by atoms with E-state index in [2.05, 4.69) is 24.3 Å². The third-order valence-electron chi connectivity index (χ3n) is 2.68. The van der Waals surface area contributed by atoms with Crippen LogP contribution >= 0.6 is 0 Å². The Labute approximate surface area is 104 Å². The Morgan fingerprint density at radius 3 is 2.41 bits per heavy atom. The SMILES string of the molecule is CC.OC(Cc1ccccc1)C1=CCCC=C1. The quantitative estimate of drug-likeness (QED) is 0.835. The first-order valence-corrected chi connectivity index (χ1v) is 6.45. The minimum atomic E-state index is -0.357. The van der Waals surface area contributed by atoms with Crippen LogP contribution in [-0.2, 0) is 6.42 Å². The number of hydrogen-bond acceptors (Lipinski definition) is 1. The minimum Gasteiger partial charge on any atom is -0.388 e. The van der Waals surface area contributed by atoms with Crippen LogP contribution in [0.15, 0.2) is 54.1 Å². The first-order chi connectivity index (χ1) is 8.36. The van der Waals surface area contributed by atoms with Crippen LogP contribution in [-0.4, -0.2) is 11.2 Å².